The largest absolute Gasteiger partial charge is 0.496 e. The van der Waals surface area contributed by atoms with Crippen LogP contribution >= 0.6 is 28.3 Å². The Kier molecular flexibility index (Phi) is 6.08. The molecule has 134 valence electrons. The third-order valence-electron chi connectivity index (χ3n) is 4.16. The van der Waals surface area contributed by atoms with Crippen LogP contribution in [0.5, 0.6) is 5.75 Å². The van der Waals surface area contributed by atoms with E-state index in [1.165, 1.54) is 0 Å². The zero-order valence-electron chi connectivity index (χ0n) is 14.4. The molecular weight excluding hydrogens is 406 g/mol. The maximum absolute atomic E-state index is 12.4. The summed E-state index contributed by atoms with van der Waals surface area (Å²) in [7, 11) is 1.59. The molecule has 0 atom stereocenters. The molecule has 2 aromatic rings. The number of hydrogen-bond acceptors (Lipinski definition) is 4. The summed E-state index contributed by atoms with van der Waals surface area (Å²) in [5, 5.41) is 6.30. The lowest BCUT2D eigenvalue weighted by Gasteiger charge is -2.32. The number of ether oxygens (including phenoxy) is 1. The number of carbonyl (C=O) groups excluding carboxylic acids is 1. The average molecular weight is 427 g/mol. The van der Waals surface area contributed by atoms with Crippen molar-refractivity contribution in [2.75, 3.05) is 19.0 Å². The molecule has 1 aliphatic heterocycles. The molecule has 5 nitrogen and oxygen atoms in total. The third kappa shape index (κ3) is 4.14. The number of nitrogens with zero attached hydrogens (tertiary/aromatic N) is 1. The van der Waals surface area contributed by atoms with Crippen molar-refractivity contribution in [3.05, 3.63) is 51.8 Å². The predicted octanol–water partition coefficient (Wildman–Crippen LogP) is 3.91. The molecule has 25 heavy (non-hydrogen) atoms. The van der Waals surface area contributed by atoms with Crippen LogP contribution in [0.1, 0.15) is 35.5 Å². The van der Waals surface area contributed by atoms with Crippen LogP contribution < -0.4 is 15.4 Å². The molecule has 0 bridgehead atoms. The Morgan fingerprint density at radius 3 is 2.80 bits per heavy atom. The highest BCUT2D eigenvalue weighted by Gasteiger charge is 2.28. The van der Waals surface area contributed by atoms with Crippen molar-refractivity contribution in [2.45, 2.75) is 25.8 Å². The highest BCUT2D eigenvalue weighted by atomic mass is 79.9. The highest BCUT2D eigenvalue weighted by Crippen LogP contribution is 2.29. The number of fused-ring (bicyclic) bond motifs is 1. The lowest BCUT2D eigenvalue weighted by atomic mass is 9.83. The summed E-state index contributed by atoms with van der Waals surface area (Å²) in [6.07, 6.45) is 1.72. The van der Waals surface area contributed by atoms with Crippen LogP contribution in [-0.4, -0.2) is 24.5 Å². The summed E-state index contributed by atoms with van der Waals surface area (Å²) in [5.41, 5.74) is 3.46. The van der Waals surface area contributed by atoms with Crippen molar-refractivity contribution in [1.82, 2.24) is 10.3 Å². The topological polar surface area (TPSA) is 63.2 Å². The molecule has 7 heteroatoms. The monoisotopic (exact) mass is 425 g/mol. The average Bonchev–Trinajstić information content (AvgIpc) is 2.54. The number of amides is 1. The van der Waals surface area contributed by atoms with Gasteiger partial charge in [-0.15, -0.1) is 12.4 Å². The minimum absolute atomic E-state index is 0. The predicted molar refractivity (Wildman–Crippen MR) is 105 cm³/mol. The second kappa shape index (κ2) is 7.72. The standard InChI is InChI=1S/C18H20BrN3O2.ClH/c1-18(2)10-20-8-12-6-13(9-21-16(12)18)22-17(23)11-4-5-15(24-3)14(19)7-11;/h4-7,9,20H,8,10H2,1-3H3,(H,22,23);1H. The first kappa shape index (κ1) is 19.7. The Hall–Kier alpha value is -1.63. The van der Waals surface area contributed by atoms with Gasteiger partial charge in [0.1, 0.15) is 5.75 Å². The van der Waals surface area contributed by atoms with Gasteiger partial charge in [-0.3, -0.25) is 9.78 Å². The van der Waals surface area contributed by atoms with Crippen LogP contribution in [-0.2, 0) is 12.0 Å². The van der Waals surface area contributed by atoms with Gasteiger partial charge in [0.2, 0.25) is 0 Å². The van der Waals surface area contributed by atoms with Crippen molar-refractivity contribution < 1.29 is 9.53 Å². The van der Waals surface area contributed by atoms with Gasteiger partial charge in [0.05, 0.1) is 29.2 Å². The Balaban J connectivity index is 0.00000225. The second-order valence-electron chi connectivity index (χ2n) is 6.52. The summed E-state index contributed by atoms with van der Waals surface area (Å²) < 4.78 is 5.93. The normalized spacial score (nSPS) is 14.9. The zero-order valence-corrected chi connectivity index (χ0v) is 16.8. The molecule has 3 rings (SSSR count). The summed E-state index contributed by atoms with van der Waals surface area (Å²) in [4.78, 5) is 17.0. The summed E-state index contributed by atoms with van der Waals surface area (Å²) in [6, 6.07) is 7.23. The maximum atomic E-state index is 12.4. The van der Waals surface area contributed by atoms with Gasteiger partial charge in [-0.1, -0.05) is 13.8 Å². The van der Waals surface area contributed by atoms with E-state index < -0.39 is 0 Å². The van der Waals surface area contributed by atoms with Crippen molar-refractivity contribution in [3.8, 4) is 5.75 Å². The maximum Gasteiger partial charge on any atom is 0.255 e. The number of anilines is 1. The first-order valence-corrected chi connectivity index (χ1v) is 8.55. The smallest absolute Gasteiger partial charge is 0.255 e. The highest BCUT2D eigenvalue weighted by molar-refractivity contribution is 9.10. The minimum Gasteiger partial charge on any atom is -0.496 e. The number of methoxy groups -OCH3 is 1. The van der Waals surface area contributed by atoms with Gasteiger partial charge >= 0.3 is 0 Å². The van der Waals surface area contributed by atoms with Gasteiger partial charge in [0, 0.05) is 24.1 Å². The van der Waals surface area contributed by atoms with Crippen LogP contribution in [0.4, 0.5) is 5.69 Å². The Morgan fingerprint density at radius 1 is 1.36 bits per heavy atom. The van der Waals surface area contributed by atoms with Crippen molar-refractivity contribution in [2.24, 2.45) is 0 Å². The zero-order chi connectivity index (χ0) is 17.3. The number of carbonyl (C=O) groups is 1. The summed E-state index contributed by atoms with van der Waals surface area (Å²) in [5.74, 6) is 0.512. The number of nitrogens with one attached hydrogen (secondary N) is 2. The molecule has 0 saturated carbocycles. The van der Waals surface area contributed by atoms with E-state index in [2.05, 4.69) is 45.4 Å². The number of halogens is 2. The van der Waals surface area contributed by atoms with E-state index in [9.17, 15) is 4.79 Å². The Labute approximate surface area is 162 Å². The summed E-state index contributed by atoms with van der Waals surface area (Å²) in [6.45, 7) is 6.00. The van der Waals surface area contributed by atoms with Gasteiger partial charge in [-0.25, -0.2) is 0 Å². The van der Waals surface area contributed by atoms with E-state index in [0.29, 0.717) is 17.0 Å². The van der Waals surface area contributed by atoms with E-state index in [1.807, 2.05) is 6.07 Å². The fourth-order valence-corrected chi connectivity index (χ4v) is 3.47. The number of hydrogen-bond donors (Lipinski definition) is 2. The van der Waals surface area contributed by atoms with Crippen molar-refractivity contribution >= 4 is 39.9 Å². The van der Waals surface area contributed by atoms with Crippen molar-refractivity contribution in [1.29, 1.82) is 0 Å². The number of rotatable bonds is 3. The molecule has 0 radical (unpaired) electrons. The number of aromatic nitrogens is 1. The Morgan fingerprint density at radius 2 is 2.12 bits per heavy atom. The van der Waals surface area contributed by atoms with Crippen LogP contribution in [0.25, 0.3) is 0 Å². The minimum atomic E-state index is -0.178. The molecule has 1 amide bonds. The molecule has 1 aromatic heterocycles. The third-order valence-corrected chi connectivity index (χ3v) is 4.78. The van der Waals surface area contributed by atoms with E-state index >= 15 is 0 Å². The molecule has 2 N–H and O–H groups in total. The van der Waals surface area contributed by atoms with Crippen molar-refractivity contribution in [3.63, 3.8) is 0 Å². The molecule has 0 spiro atoms. The van der Waals surface area contributed by atoms with E-state index in [4.69, 9.17) is 4.74 Å². The molecule has 1 aromatic carbocycles. The molecule has 2 heterocycles. The van der Waals surface area contributed by atoms with Gasteiger partial charge in [0.25, 0.3) is 5.91 Å². The summed E-state index contributed by atoms with van der Waals surface area (Å²) >= 11 is 3.40. The lowest BCUT2D eigenvalue weighted by Crippen LogP contribution is -2.39. The van der Waals surface area contributed by atoms with E-state index in [0.717, 1.165) is 28.8 Å². The fraction of sp³-hybridized carbons (Fsp3) is 0.333. The first-order valence-electron chi connectivity index (χ1n) is 7.76. The second-order valence-corrected chi connectivity index (χ2v) is 7.38. The number of pyridine rings is 1. The molecule has 0 fully saturated rings. The first-order chi connectivity index (χ1) is 11.4. The van der Waals surface area contributed by atoms with E-state index in [1.54, 1.807) is 31.5 Å². The Bertz CT molecular complexity index is 796. The SMILES string of the molecule is COc1ccc(C(=O)Nc2cnc3c(c2)CNCC3(C)C)cc1Br.Cl. The molecule has 0 saturated heterocycles. The molecule has 0 unspecified atom stereocenters. The van der Waals surface area contributed by atoms with E-state index in [-0.39, 0.29) is 23.7 Å². The van der Waals surface area contributed by atoms with Gasteiger partial charge < -0.3 is 15.4 Å². The van der Waals surface area contributed by atoms with Crippen LogP contribution in [0.3, 0.4) is 0 Å². The lowest BCUT2D eigenvalue weighted by molar-refractivity contribution is 0.102. The van der Waals surface area contributed by atoms with Crippen LogP contribution in [0.2, 0.25) is 0 Å². The van der Waals surface area contributed by atoms with Gasteiger partial charge in [0.15, 0.2) is 0 Å². The molecule has 0 aliphatic carbocycles. The number of benzene rings is 1. The van der Waals surface area contributed by atoms with Crippen LogP contribution in [0.15, 0.2) is 34.9 Å². The fourth-order valence-electron chi connectivity index (χ4n) is 2.93. The molecule has 1 aliphatic rings. The van der Waals surface area contributed by atoms with Crippen LogP contribution in [0, 0.1) is 0 Å². The van der Waals surface area contributed by atoms with Gasteiger partial charge in [-0.2, -0.15) is 0 Å². The quantitative estimate of drug-likeness (QED) is 0.781. The molecular formula is C18H21BrClN3O2. The van der Waals surface area contributed by atoms with Gasteiger partial charge in [-0.05, 0) is 45.8 Å².